The first-order valence-electron chi connectivity index (χ1n) is 8.12. The summed E-state index contributed by atoms with van der Waals surface area (Å²) in [7, 11) is 0. The van der Waals surface area contributed by atoms with Crippen LogP contribution in [0.1, 0.15) is 0 Å². The van der Waals surface area contributed by atoms with Gasteiger partial charge in [0.2, 0.25) is 0 Å². The van der Waals surface area contributed by atoms with Crippen LogP contribution in [0.2, 0.25) is 0 Å². The van der Waals surface area contributed by atoms with Gasteiger partial charge in [-0.3, -0.25) is 18.5 Å². The van der Waals surface area contributed by atoms with E-state index in [0.717, 1.165) is 5.56 Å². The van der Waals surface area contributed by atoms with Crippen molar-refractivity contribution in [2.45, 2.75) is 0 Å². The summed E-state index contributed by atoms with van der Waals surface area (Å²) in [5, 5.41) is 2.38. The van der Waals surface area contributed by atoms with Crippen molar-refractivity contribution in [2.75, 3.05) is 31.9 Å². The molecule has 0 aliphatic carbocycles. The number of aromatic amines is 1. The molecule has 6 nitrogen and oxygen atoms in total. The highest BCUT2D eigenvalue weighted by Gasteiger charge is 2.33. The second-order valence-corrected chi connectivity index (χ2v) is 6.15. The molecule has 0 unspecified atom stereocenters. The van der Waals surface area contributed by atoms with Crippen LogP contribution in [0.25, 0.3) is 22.6 Å². The highest BCUT2D eigenvalue weighted by atomic mass is 19.1. The van der Waals surface area contributed by atoms with Crippen molar-refractivity contribution in [3.63, 3.8) is 0 Å². The molecule has 0 spiro atoms. The van der Waals surface area contributed by atoms with E-state index in [4.69, 9.17) is 4.74 Å². The van der Waals surface area contributed by atoms with Gasteiger partial charge in [0.15, 0.2) is 5.65 Å². The zero-order valence-electron chi connectivity index (χ0n) is 14.2. The van der Waals surface area contributed by atoms with Gasteiger partial charge in [0.1, 0.15) is 38.0 Å². The second kappa shape index (κ2) is 8.07. The number of carbonyl (C=O) groups is 1. The summed E-state index contributed by atoms with van der Waals surface area (Å²) in [4.78, 5) is 23.5. The quantitative estimate of drug-likeness (QED) is 0.650. The minimum atomic E-state index is -1.95. The molecule has 0 fully saturated rings. The molecule has 0 saturated heterocycles. The summed E-state index contributed by atoms with van der Waals surface area (Å²) in [6.07, 6.45) is 0.415. The lowest BCUT2D eigenvalue weighted by molar-refractivity contribution is 0.0328. The minimum Gasteiger partial charge on any atom is -0.448 e. The summed E-state index contributed by atoms with van der Waals surface area (Å²) in [6, 6.07) is 11.0. The molecule has 142 valence electrons. The third kappa shape index (κ3) is 4.18. The van der Waals surface area contributed by atoms with Gasteiger partial charge in [0.25, 0.3) is 0 Å². The molecule has 0 aliphatic heterocycles. The Hall–Kier alpha value is -3.10. The first-order chi connectivity index (χ1) is 13.1. The van der Waals surface area contributed by atoms with Crippen molar-refractivity contribution in [3.05, 3.63) is 42.6 Å². The number of amides is 1. The summed E-state index contributed by atoms with van der Waals surface area (Å²) in [6.45, 7) is -4.51. The number of benzene rings is 1. The van der Waals surface area contributed by atoms with Gasteiger partial charge in [0.05, 0.1) is 17.3 Å². The van der Waals surface area contributed by atoms with Crippen LogP contribution in [0.3, 0.4) is 0 Å². The molecule has 1 aromatic carbocycles. The van der Waals surface area contributed by atoms with Gasteiger partial charge in [-0.2, -0.15) is 0 Å². The average Bonchev–Trinajstić information content (AvgIpc) is 3.13. The van der Waals surface area contributed by atoms with Gasteiger partial charge < -0.3 is 9.72 Å². The molecule has 0 aliphatic rings. The van der Waals surface area contributed by atoms with Gasteiger partial charge in [-0.1, -0.05) is 30.3 Å². The molecule has 0 atom stereocenters. The van der Waals surface area contributed by atoms with E-state index in [2.05, 4.69) is 20.3 Å². The smallest absolute Gasteiger partial charge is 0.411 e. The SMILES string of the molecule is O=C(Nc1cnc2[nH]c(-c3ccccc3)nc2c1)OCC(CF)(CF)CF. The molecule has 2 N–H and O–H groups in total. The fourth-order valence-corrected chi connectivity index (χ4v) is 2.29. The Bertz CT molecular complexity index is 905. The Kier molecular flexibility index (Phi) is 5.58. The number of carbonyl (C=O) groups excluding carboxylic acids is 1. The first kappa shape index (κ1) is 18.7. The molecule has 1 amide bonds. The maximum Gasteiger partial charge on any atom is 0.411 e. The van der Waals surface area contributed by atoms with E-state index in [1.165, 1.54) is 6.20 Å². The predicted octanol–water partition coefficient (Wildman–Crippen LogP) is 4.07. The lowest BCUT2D eigenvalue weighted by atomic mass is 9.95. The molecule has 27 heavy (non-hydrogen) atoms. The number of imidazole rings is 1. The Morgan fingerprint density at radius 3 is 2.52 bits per heavy atom. The summed E-state index contributed by atoms with van der Waals surface area (Å²) >= 11 is 0. The fourth-order valence-electron chi connectivity index (χ4n) is 2.29. The van der Waals surface area contributed by atoms with E-state index < -0.39 is 38.1 Å². The highest BCUT2D eigenvalue weighted by molar-refractivity contribution is 5.87. The number of anilines is 1. The Morgan fingerprint density at radius 1 is 1.15 bits per heavy atom. The topological polar surface area (TPSA) is 79.9 Å². The summed E-state index contributed by atoms with van der Waals surface area (Å²) in [5.74, 6) is 0.622. The van der Waals surface area contributed by atoms with Crippen molar-refractivity contribution >= 4 is 22.9 Å². The number of fused-ring (bicyclic) bond motifs is 1. The zero-order chi connectivity index (χ0) is 19.3. The van der Waals surface area contributed by atoms with Crippen molar-refractivity contribution in [1.82, 2.24) is 15.0 Å². The van der Waals surface area contributed by atoms with Crippen molar-refractivity contribution < 1.29 is 22.7 Å². The van der Waals surface area contributed by atoms with E-state index in [-0.39, 0.29) is 5.69 Å². The van der Waals surface area contributed by atoms with Crippen LogP contribution in [-0.2, 0) is 4.74 Å². The maximum atomic E-state index is 12.8. The zero-order valence-corrected chi connectivity index (χ0v) is 14.2. The number of rotatable bonds is 7. The molecule has 3 rings (SSSR count). The van der Waals surface area contributed by atoms with Crippen LogP contribution in [0, 0.1) is 5.41 Å². The molecule has 2 aromatic heterocycles. The normalized spacial score (nSPS) is 11.5. The standard InChI is InChI=1S/C18H17F3N4O2/c19-8-18(9-20,10-21)11-27-17(26)23-13-6-14-16(22-7-13)25-15(24-14)12-4-2-1-3-5-12/h1-7H,8-11H2,(H,23,26)(H,22,24,25). The van der Waals surface area contributed by atoms with Crippen LogP contribution >= 0.6 is 0 Å². The predicted molar refractivity (Wildman–Crippen MR) is 94.7 cm³/mol. The molecular formula is C18H17F3N4O2. The number of halogens is 3. The van der Waals surface area contributed by atoms with Gasteiger partial charge in [-0.25, -0.2) is 14.8 Å². The molecule has 0 radical (unpaired) electrons. The van der Waals surface area contributed by atoms with Gasteiger partial charge in [-0.05, 0) is 6.07 Å². The van der Waals surface area contributed by atoms with E-state index in [9.17, 15) is 18.0 Å². The van der Waals surface area contributed by atoms with Crippen LogP contribution in [0.5, 0.6) is 0 Å². The van der Waals surface area contributed by atoms with Gasteiger partial charge in [-0.15, -0.1) is 0 Å². The lowest BCUT2D eigenvalue weighted by Gasteiger charge is -2.23. The van der Waals surface area contributed by atoms with Crippen LogP contribution in [-0.4, -0.2) is 47.7 Å². The number of hydrogen-bond donors (Lipinski definition) is 2. The number of H-pyrrole nitrogens is 1. The van der Waals surface area contributed by atoms with E-state index >= 15 is 0 Å². The average molecular weight is 378 g/mol. The first-order valence-corrected chi connectivity index (χ1v) is 8.12. The molecular weight excluding hydrogens is 361 g/mol. The fraction of sp³-hybridized carbons (Fsp3) is 0.278. The van der Waals surface area contributed by atoms with E-state index in [1.54, 1.807) is 6.07 Å². The largest absolute Gasteiger partial charge is 0.448 e. The number of aromatic nitrogens is 3. The number of ether oxygens (including phenoxy) is 1. The highest BCUT2D eigenvalue weighted by Crippen LogP contribution is 2.22. The van der Waals surface area contributed by atoms with E-state index in [1.807, 2.05) is 30.3 Å². The molecule has 2 heterocycles. The second-order valence-electron chi connectivity index (χ2n) is 6.15. The Balaban J connectivity index is 1.69. The van der Waals surface area contributed by atoms with Crippen LogP contribution in [0.4, 0.5) is 23.7 Å². The van der Waals surface area contributed by atoms with E-state index in [0.29, 0.717) is 17.0 Å². The number of alkyl halides is 3. The molecule has 0 saturated carbocycles. The molecule has 0 bridgehead atoms. The van der Waals surface area contributed by atoms with Crippen LogP contribution < -0.4 is 5.32 Å². The monoisotopic (exact) mass is 378 g/mol. The van der Waals surface area contributed by atoms with Crippen molar-refractivity contribution in [2.24, 2.45) is 5.41 Å². The summed E-state index contributed by atoms with van der Waals surface area (Å²) < 4.78 is 43.1. The Morgan fingerprint density at radius 2 is 1.85 bits per heavy atom. The third-order valence-electron chi connectivity index (χ3n) is 3.99. The maximum absolute atomic E-state index is 12.8. The Labute approximate surface area is 152 Å². The number of nitrogens with zero attached hydrogens (tertiary/aromatic N) is 2. The summed E-state index contributed by atoms with van der Waals surface area (Å²) in [5.41, 5.74) is 0.248. The molecule has 3 aromatic rings. The number of hydrogen-bond acceptors (Lipinski definition) is 4. The van der Waals surface area contributed by atoms with Gasteiger partial charge in [0, 0.05) is 5.56 Å². The van der Waals surface area contributed by atoms with Crippen molar-refractivity contribution in [3.8, 4) is 11.4 Å². The van der Waals surface area contributed by atoms with Gasteiger partial charge >= 0.3 is 6.09 Å². The lowest BCUT2D eigenvalue weighted by Crippen LogP contribution is -2.36. The van der Waals surface area contributed by atoms with Crippen molar-refractivity contribution in [1.29, 1.82) is 0 Å². The number of nitrogens with one attached hydrogen (secondary N) is 2. The molecule has 9 heteroatoms. The third-order valence-corrected chi connectivity index (χ3v) is 3.99. The number of pyridine rings is 1. The van der Waals surface area contributed by atoms with Crippen LogP contribution in [0.15, 0.2) is 42.6 Å². The minimum absolute atomic E-state index is 0.282.